The van der Waals surface area contributed by atoms with Crippen LogP contribution in [0.2, 0.25) is 0 Å². The first-order valence-corrected chi connectivity index (χ1v) is 5.26. The second-order valence-electron chi connectivity index (χ2n) is 4.07. The standard InChI is InChI=1S/C12H18N2O2/c1-8(2)7-14-11-6-9(12(15)16-3)4-5-10(11)13/h4-6,8,14H,7,13H2,1-3H3. The van der Waals surface area contributed by atoms with Crippen LogP contribution in [-0.4, -0.2) is 19.6 Å². The van der Waals surface area contributed by atoms with Crippen molar-refractivity contribution in [3.8, 4) is 0 Å². The van der Waals surface area contributed by atoms with Gasteiger partial charge in [0, 0.05) is 6.54 Å². The van der Waals surface area contributed by atoms with E-state index >= 15 is 0 Å². The summed E-state index contributed by atoms with van der Waals surface area (Å²) in [5, 5.41) is 3.20. The van der Waals surface area contributed by atoms with Crippen molar-refractivity contribution in [2.75, 3.05) is 24.7 Å². The van der Waals surface area contributed by atoms with Crippen LogP contribution in [0.4, 0.5) is 11.4 Å². The van der Waals surface area contributed by atoms with Crippen LogP contribution in [0.1, 0.15) is 24.2 Å². The van der Waals surface area contributed by atoms with Crippen molar-refractivity contribution in [2.24, 2.45) is 5.92 Å². The van der Waals surface area contributed by atoms with E-state index in [1.54, 1.807) is 18.2 Å². The van der Waals surface area contributed by atoms with Crippen molar-refractivity contribution >= 4 is 17.3 Å². The molecule has 0 unspecified atom stereocenters. The molecule has 1 rings (SSSR count). The Kier molecular flexibility index (Phi) is 4.17. The van der Waals surface area contributed by atoms with E-state index in [9.17, 15) is 4.79 Å². The van der Waals surface area contributed by atoms with Crippen LogP contribution in [-0.2, 0) is 4.74 Å². The molecule has 0 aliphatic rings. The quantitative estimate of drug-likeness (QED) is 0.605. The molecule has 4 heteroatoms. The Balaban J connectivity index is 2.86. The van der Waals surface area contributed by atoms with Gasteiger partial charge in [0.25, 0.3) is 0 Å². The molecular formula is C12H18N2O2. The van der Waals surface area contributed by atoms with Crippen molar-refractivity contribution in [3.63, 3.8) is 0 Å². The fourth-order valence-corrected chi connectivity index (χ4v) is 1.27. The van der Waals surface area contributed by atoms with Gasteiger partial charge in [0.05, 0.1) is 24.0 Å². The van der Waals surface area contributed by atoms with Gasteiger partial charge in [-0.3, -0.25) is 0 Å². The number of rotatable bonds is 4. The van der Waals surface area contributed by atoms with Crippen molar-refractivity contribution in [3.05, 3.63) is 23.8 Å². The molecule has 0 aliphatic carbocycles. The number of carbonyl (C=O) groups excluding carboxylic acids is 1. The molecule has 3 N–H and O–H groups in total. The third-order valence-electron chi connectivity index (χ3n) is 2.18. The summed E-state index contributed by atoms with van der Waals surface area (Å²) >= 11 is 0. The van der Waals surface area contributed by atoms with Gasteiger partial charge in [0.15, 0.2) is 0 Å². The molecule has 0 heterocycles. The predicted octanol–water partition coefficient (Wildman–Crippen LogP) is 2.12. The van der Waals surface area contributed by atoms with Gasteiger partial charge >= 0.3 is 5.97 Å². The molecule has 1 aromatic rings. The number of hydrogen-bond acceptors (Lipinski definition) is 4. The molecule has 0 amide bonds. The van der Waals surface area contributed by atoms with Gasteiger partial charge in [-0.05, 0) is 24.1 Å². The highest BCUT2D eigenvalue weighted by Crippen LogP contribution is 2.20. The van der Waals surface area contributed by atoms with E-state index in [1.807, 2.05) is 0 Å². The monoisotopic (exact) mass is 222 g/mol. The Hall–Kier alpha value is -1.71. The fourth-order valence-electron chi connectivity index (χ4n) is 1.27. The molecule has 0 saturated heterocycles. The van der Waals surface area contributed by atoms with Crippen LogP contribution < -0.4 is 11.1 Å². The summed E-state index contributed by atoms with van der Waals surface area (Å²) in [6.45, 7) is 5.02. The first kappa shape index (κ1) is 12.4. The lowest BCUT2D eigenvalue weighted by Gasteiger charge is -2.12. The second-order valence-corrected chi connectivity index (χ2v) is 4.07. The highest BCUT2D eigenvalue weighted by molar-refractivity contribution is 5.91. The van der Waals surface area contributed by atoms with Crippen LogP contribution >= 0.6 is 0 Å². The van der Waals surface area contributed by atoms with E-state index in [0.717, 1.165) is 12.2 Å². The Morgan fingerprint density at radius 2 is 2.19 bits per heavy atom. The van der Waals surface area contributed by atoms with Gasteiger partial charge in [-0.15, -0.1) is 0 Å². The van der Waals surface area contributed by atoms with Crippen molar-refractivity contribution in [2.45, 2.75) is 13.8 Å². The Labute approximate surface area is 95.8 Å². The largest absolute Gasteiger partial charge is 0.465 e. The average Bonchev–Trinajstić information content (AvgIpc) is 2.26. The smallest absolute Gasteiger partial charge is 0.337 e. The molecule has 0 atom stereocenters. The highest BCUT2D eigenvalue weighted by Gasteiger charge is 2.08. The molecule has 0 spiro atoms. The lowest BCUT2D eigenvalue weighted by atomic mass is 10.1. The average molecular weight is 222 g/mol. The molecule has 0 bridgehead atoms. The molecule has 0 aliphatic heterocycles. The van der Waals surface area contributed by atoms with Gasteiger partial charge in [-0.25, -0.2) is 4.79 Å². The zero-order valence-corrected chi connectivity index (χ0v) is 9.91. The zero-order chi connectivity index (χ0) is 12.1. The van der Waals surface area contributed by atoms with E-state index in [1.165, 1.54) is 7.11 Å². The number of hydrogen-bond donors (Lipinski definition) is 2. The maximum absolute atomic E-state index is 11.3. The first-order chi connectivity index (χ1) is 7.54. The van der Waals surface area contributed by atoms with Crippen LogP contribution in [0.15, 0.2) is 18.2 Å². The highest BCUT2D eigenvalue weighted by atomic mass is 16.5. The summed E-state index contributed by atoms with van der Waals surface area (Å²) in [5.74, 6) is 0.161. The molecule has 0 radical (unpaired) electrons. The van der Waals surface area contributed by atoms with E-state index in [2.05, 4.69) is 23.9 Å². The normalized spacial score (nSPS) is 10.2. The van der Waals surface area contributed by atoms with E-state index in [4.69, 9.17) is 5.73 Å². The maximum Gasteiger partial charge on any atom is 0.337 e. The van der Waals surface area contributed by atoms with Gasteiger partial charge in [0.2, 0.25) is 0 Å². The second kappa shape index (κ2) is 5.39. The maximum atomic E-state index is 11.3. The SMILES string of the molecule is COC(=O)c1ccc(N)c(NCC(C)C)c1. The minimum atomic E-state index is -0.354. The predicted molar refractivity (Wildman–Crippen MR) is 65.5 cm³/mol. The summed E-state index contributed by atoms with van der Waals surface area (Å²) in [6.07, 6.45) is 0. The van der Waals surface area contributed by atoms with Crippen molar-refractivity contribution in [1.29, 1.82) is 0 Å². The third kappa shape index (κ3) is 3.15. The van der Waals surface area contributed by atoms with Crippen LogP contribution in [0.5, 0.6) is 0 Å². The van der Waals surface area contributed by atoms with Gasteiger partial charge in [-0.1, -0.05) is 13.8 Å². The number of carbonyl (C=O) groups is 1. The van der Waals surface area contributed by atoms with Crippen LogP contribution in [0.25, 0.3) is 0 Å². The minimum absolute atomic E-state index is 0.354. The van der Waals surface area contributed by atoms with Crippen molar-refractivity contribution in [1.82, 2.24) is 0 Å². The summed E-state index contributed by atoms with van der Waals surface area (Å²) in [7, 11) is 1.36. The number of nitrogen functional groups attached to an aromatic ring is 1. The topological polar surface area (TPSA) is 64.3 Å². The number of nitrogens with one attached hydrogen (secondary N) is 1. The van der Waals surface area contributed by atoms with Gasteiger partial charge in [-0.2, -0.15) is 0 Å². The number of anilines is 2. The molecule has 4 nitrogen and oxygen atoms in total. The summed E-state index contributed by atoms with van der Waals surface area (Å²) in [5.41, 5.74) is 7.71. The van der Waals surface area contributed by atoms with Crippen LogP contribution in [0.3, 0.4) is 0 Å². The Morgan fingerprint density at radius 3 is 2.75 bits per heavy atom. The van der Waals surface area contributed by atoms with Gasteiger partial charge < -0.3 is 15.8 Å². The van der Waals surface area contributed by atoms with E-state index < -0.39 is 0 Å². The number of methoxy groups -OCH3 is 1. The summed E-state index contributed by atoms with van der Waals surface area (Å²) in [6, 6.07) is 5.07. The summed E-state index contributed by atoms with van der Waals surface area (Å²) in [4.78, 5) is 11.3. The van der Waals surface area contributed by atoms with Gasteiger partial charge in [0.1, 0.15) is 0 Å². The number of esters is 1. The molecule has 0 saturated carbocycles. The Morgan fingerprint density at radius 1 is 1.50 bits per heavy atom. The molecule has 0 aromatic heterocycles. The Bertz CT molecular complexity index is 375. The van der Waals surface area contributed by atoms with E-state index in [0.29, 0.717) is 17.2 Å². The summed E-state index contributed by atoms with van der Waals surface area (Å²) < 4.78 is 4.65. The third-order valence-corrected chi connectivity index (χ3v) is 2.18. The van der Waals surface area contributed by atoms with Crippen molar-refractivity contribution < 1.29 is 9.53 Å². The minimum Gasteiger partial charge on any atom is -0.465 e. The lowest BCUT2D eigenvalue weighted by molar-refractivity contribution is 0.0601. The number of ether oxygens (including phenoxy) is 1. The first-order valence-electron chi connectivity index (χ1n) is 5.26. The molecular weight excluding hydrogens is 204 g/mol. The number of nitrogens with two attached hydrogens (primary N) is 1. The fraction of sp³-hybridized carbons (Fsp3) is 0.417. The van der Waals surface area contributed by atoms with Crippen LogP contribution in [0, 0.1) is 5.92 Å². The number of benzene rings is 1. The molecule has 88 valence electrons. The molecule has 16 heavy (non-hydrogen) atoms. The lowest BCUT2D eigenvalue weighted by Crippen LogP contribution is -2.11. The molecule has 1 aromatic carbocycles. The molecule has 0 fully saturated rings. The zero-order valence-electron chi connectivity index (χ0n) is 9.91. The van der Waals surface area contributed by atoms with E-state index in [-0.39, 0.29) is 5.97 Å².